The molecule has 2 aromatic heterocycles. The Hall–Kier alpha value is -2.15. The van der Waals surface area contributed by atoms with Gasteiger partial charge in [-0.1, -0.05) is 6.07 Å². The summed E-state index contributed by atoms with van der Waals surface area (Å²) in [6, 6.07) is 5.00. The summed E-state index contributed by atoms with van der Waals surface area (Å²) in [4.78, 5) is 23.1. The molecule has 2 heterocycles. The fourth-order valence-corrected chi connectivity index (χ4v) is 1.96. The van der Waals surface area contributed by atoms with E-state index in [9.17, 15) is 9.59 Å². The number of H-pyrrole nitrogens is 1. The monoisotopic (exact) mass is 251 g/mol. The Morgan fingerprint density at radius 3 is 2.94 bits per heavy atom. The first kappa shape index (κ1) is 11.3. The van der Waals surface area contributed by atoms with Crippen molar-refractivity contribution in [2.24, 2.45) is 0 Å². The number of amides is 1. The number of carboxylic acid groups (broad SMARTS) is 1. The van der Waals surface area contributed by atoms with Gasteiger partial charge in [-0.2, -0.15) is 5.10 Å². The van der Waals surface area contributed by atoms with Crippen LogP contribution in [0.3, 0.4) is 0 Å². The third-order valence-corrected chi connectivity index (χ3v) is 2.87. The highest BCUT2D eigenvalue weighted by atomic mass is 32.1. The van der Waals surface area contributed by atoms with E-state index in [1.807, 2.05) is 17.5 Å². The second kappa shape index (κ2) is 4.79. The van der Waals surface area contributed by atoms with Gasteiger partial charge in [-0.25, -0.2) is 4.79 Å². The van der Waals surface area contributed by atoms with Crippen molar-refractivity contribution in [1.29, 1.82) is 0 Å². The summed E-state index contributed by atoms with van der Waals surface area (Å²) in [6.45, 7) is 0. The lowest BCUT2D eigenvalue weighted by molar-refractivity contribution is -0.115. The van der Waals surface area contributed by atoms with E-state index in [1.54, 1.807) is 0 Å². The highest BCUT2D eigenvalue weighted by Crippen LogP contribution is 2.11. The number of thiophene rings is 1. The summed E-state index contributed by atoms with van der Waals surface area (Å²) in [7, 11) is 0. The summed E-state index contributed by atoms with van der Waals surface area (Å²) in [5.41, 5.74) is -0.0589. The van der Waals surface area contributed by atoms with E-state index in [-0.39, 0.29) is 23.8 Å². The Labute approximate surface area is 100 Å². The normalized spacial score (nSPS) is 10.1. The van der Waals surface area contributed by atoms with Crippen molar-refractivity contribution in [3.05, 3.63) is 34.2 Å². The van der Waals surface area contributed by atoms with Gasteiger partial charge in [0.2, 0.25) is 5.91 Å². The van der Waals surface area contributed by atoms with Crippen molar-refractivity contribution in [2.45, 2.75) is 6.42 Å². The van der Waals surface area contributed by atoms with Crippen LogP contribution in [0.1, 0.15) is 15.4 Å². The molecule has 6 nitrogen and oxygen atoms in total. The second-order valence-corrected chi connectivity index (χ2v) is 4.31. The molecule has 0 spiro atoms. The molecule has 0 atom stereocenters. The van der Waals surface area contributed by atoms with Gasteiger partial charge in [-0.15, -0.1) is 11.3 Å². The largest absolute Gasteiger partial charge is 0.477 e. The molecule has 0 saturated heterocycles. The molecule has 0 aliphatic heterocycles. The quantitative estimate of drug-likeness (QED) is 0.764. The lowest BCUT2D eigenvalue weighted by Crippen LogP contribution is -2.13. The Morgan fingerprint density at radius 1 is 1.53 bits per heavy atom. The van der Waals surface area contributed by atoms with Gasteiger partial charge >= 0.3 is 5.97 Å². The topological polar surface area (TPSA) is 95.1 Å². The molecule has 0 aliphatic carbocycles. The van der Waals surface area contributed by atoms with E-state index < -0.39 is 5.97 Å². The number of nitrogens with one attached hydrogen (secondary N) is 2. The predicted molar refractivity (Wildman–Crippen MR) is 62.2 cm³/mol. The second-order valence-electron chi connectivity index (χ2n) is 3.28. The van der Waals surface area contributed by atoms with Crippen LogP contribution in [0.15, 0.2) is 23.6 Å². The zero-order chi connectivity index (χ0) is 12.3. The Kier molecular flexibility index (Phi) is 3.20. The first-order chi connectivity index (χ1) is 8.15. The molecule has 2 aromatic rings. The molecule has 7 heteroatoms. The molecule has 0 aromatic carbocycles. The number of hydrogen-bond acceptors (Lipinski definition) is 4. The first-order valence-electron chi connectivity index (χ1n) is 4.76. The predicted octanol–water partition coefficient (Wildman–Crippen LogP) is 1.35. The maximum Gasteiger partial charge on any atom is 0.353 e. The maximum absolute atomic E-state index is 11.6. The van der Waals surface area contributed by atoms with Gasteiger partial charge in [0, 0.05) is 10.9 Å². The number of hydrogen-bond donors (Lipinski definition) is 3. The van der Waals surface area contributed by atoms with Crippen molar-refractivity contribution in [3.63, 3.8) is 0 Å². The summed E-state index contributed by atoms with van der Waals surface area (Å²) in [5, 5.41) is 19.0. The van der Waals surface area contributed by atoms with Crippen molar-refractivity contribution in [3.8, 4) is 0 Å². The van der Waals surface area contributed by atoms with E-state index >= 15 is 0 Å². The van der Waals surface area contributed by atoms with Crippen molar-refractivity contribution >= 4 is 29.0 Å². The van der Waals surface area contributed by atoms with Gasteiger partial charge in [0.15, 0.2) is 5.82 Å². The maximum atomic E-state index is 11.6. The molecule has 0 radical (unpaired) electrons. The summed E-state index contributed by atoms with van der Waals surface area (Å²) >= 11 is 1.49. The number of nitrogens with zero attached hydrogens (tertiary/aromatic N) is 1. The number of carbonyl (C=O) groups is 2. The molecule has 0 unspecified atom stereocenters. The standard InChI is InChI=1S/C10H9N3O3S/c14-9(4-6-2-1-3-17-6)11-8-5-7(10(15)16)12-13-8/h1-3,5H,4H2,(H,15,16)(H2,11,12,13,14). The van der Waals surface area contributed by atoms with Crippen LogP contribution >= 0.6 is 11.3 Å². The van der Waals surface area contributed by atoms with E-state index in [1.165, 1.54) is 17.4 Å². The molecule has 17 heavy (non-hydrogen) atoms. The number of anilines is 1. The van der Waals surface area contributed by atoms with Gasteiger partial charge < -0.3 is 10.4 Å². The molecule has 0 saturated carbocycles. The number of carboxylic acids is 1. The van der Waals surface area contributed by atoms with Gasteiger partial charge in [0.05, 0.1) is 6.42 Å². The molecule has 88 valence electrons. The minimum absolute atomic E-state index is 0.0589. The lowest BCUT2D eigenvalue weighted by atomic mass is 10.3. The fraction of sp³-hybridized carbons (Fsp3) is 0.100. The summed E-state index contributed by atoms with van der Waals surface area (Å²) < 4.78 is 0. The molecule has 0 aliphatic rings. The number of aromatic amines is 1. The minimum atomic E-state index is -1.11. The Morgan fingerprint density at radius 2 is 2.35 bits per heavy atom. The molecular weight excluding hydrogens is 242 g/mol. The average Bonchev–Trinajstić information content (AvgIpc) is 2.88. The highest BCUT2D eigenvalue weighted by molar-refractivity contribution is 7.10. The zero-order valence-corrected chi connectivity index (χ0v) is 9.45. The number of aromatic nitrogens is 2. The van der Waals surface area contributed by atoms with Crippen LogP contribution < -0.4 is 5.32 Å². The van der Waals surface area contributed by atoms with Gasteiger partial charge in [0.25, 0.3) is 0 Å². The van der Waals surface area contributed by atoms with E-state index in [2.05, 4.69) is 15.5 Å². The molecular formula is C10H9N3O3S. The van der Waals surface area contributed by atoms with Crippen LogP contribution in [-0.2, 0) is 11.2 Å². The number of aromatic carboxylic acids is 1. The average molecular weight is 251 g/mol. The molecule has 3 N–H and O–H groups in total. The van der Waals surface area contributed by atoms with Gasteiger partial charge in [-0.3, -0.25) is 9.89 Å². The molecule has 0 fully saturated rings. The van der Waals surface area contributed by atoms with Crippen LogP contribution in [0.5, 0.6) is 0 Å². The molecule has 0 bridgehead atoms. The van der Waals surface area contributed by atoms with Crippen LogP contribution in [0.4, 0.5) is 5.82 Å². The summed E-state index contributed by atoms with van der Waals surface area (Å²) in [5.74, 6) is -1.13. The first-order valence-corrected chi connectivity index (χ1v) is 5.64. The highest BCUT2D eigenvalue weighted by Gasteiger charge is 2.10. The number of carbonyl (C=O) groups excluding carboxylic acids is 1. The Bertz CT molecular complexity index is 533. The van der Waals surface area contributed by atoms with Crippen LogP contribution in [0.2, 0.25) is 0 Å². The number of rotatable bonds is 4. The van der Waals surface area contributed by atoms with E-state index in [0.29, 0.717) is 0 Å². The zero-order valence-electron chi connectivity index (χ0n) is 8.64. The Balaban J connectivity index is 1.96. The van der Waals surface area contributed by atoms with Gasteiger partial charge in [0.1, 0.15) is 5.69 Å². The van der Waals surface area contributed by atoms with Crippen molar-refractivity contribution in [2.75, 3.05) is 5.32 Å². The fourth-order valence-electron chi connectivity index (χ4n) is 1.25. The smallest absolute Gasteiger partial charge is 0.353 e. The SMILES string of the molecule is O=C(Cc1cccs1)Nc1cc(C(=O)O)[nH]n1. The third kappa shape index (κ3) is 2.91. The van der Waals surface area contributed by atoms with Crippen molar-refractivity contribution < 1.29 is 14.7 Å². The van der Waals surface area contributed by atoms with E-state index in [0.717, 1.165) is 4.88 Å². The van der Waals surface area contributed by atoms with Crippen molar-refractivity contribution in [1.82, 2.24) is 10.2 Å². The lowest BCUT2D eigenvalue weighted by Gasteiger charge is -1.98. The van der Waals surface area contributed by atoms with Crippen LogP contribution in [0, 0.1) is 0 Å². The van der Waals surface area contributed by atoms with E-state index in [4.69, 9.17) is 5.11 Å². The van der Waals surface area contributed by atoms with Crippen LogP contribution in [0.25, 0.3) is 0 Å². The van der Waals surface area contributed by atoms with Gasteiger partial charge in [-0.05, 0) is 11.4 Å². The molecule has 1 amide bonds. The summed E-state index contributed by atoms with van der Waals surface area (Å²) in [6.07, 6.45) is 0.257. The third-order valence-electron chi connectivity index (χ3n) is 1.99. The van der Waals surface area contributed by atoms with Crippen LogP contribution in [-0.4, -0.2) is 27.2 Å². The minimum Gasteiger partial charge on any atom is -0.477 e. The molecule has 2 rings (SSSR count).